The summed E-state index contributed by atoms with van der Waals surface area (Å²) in [6.07, 6.45) is 7.51. The van der Waals surface area contributed by atoms with Gasteiger partial charge in [0.2, 0.25) is 0 Å². The molecule has 0 bridgehead atoms. The summed E-state index contributed by atoms with van der Waals surface area (Å²) >= 11 is 0. The molecule has 0 amide bonds. The van der Waals surface area contributed by atoms with Crippen molar-refractivity contribution in [3.8, 4) is 11.5 Å². The summed E-state index contributed by atoms with van der Waals surface area (Å²) in [5.74, 6) is 1.59. The van der Waals surface area contributed by atoms with Crippen LogP contribution >= 0.6 is 0 Å². The maximum absolute atomic E-state index is 12.9. The van der Waals surface area contributed by atoms with E-state index in [0.717, 1.165) is 50.1 Å². The second kappa shape index (κ2) is 9.24. The predicted octanol–water partition coefficient (Wildman–Crippen LogP) is 6.97. The van der Waals surface area contributed by atoms with Gasteiger partial charge in [-0.15, -0.1) is 0 Å². The molecular formula is C31H24O3. The van der Waals surface area contributed by atoms with E-state index in [9.17, 15) is 4.79 Å². The maximum atomic E-state index is 12.9. The molecule has 0 aromatic heterocycles. The Morgan fingerprint density at radius 1 is 0.706 bits per heavy atom. The zero-order chi connectivity index (χ0) is 23.5. The van der Waals surface area contributed by atoms with E-state index in [4.69, 9.17) is 9.47 Å². The Balaban J connectivity index is 1.64. The van der Waals surface area contributed by atoms with Crippen molar-refractivity contribution in [1.82, 2.24) is 0 Å². The van der Waals surface area contributed by atoms with Gasteiger partial charge >= 0.3 is 0 Å². The molecule has 0 heterocycles. The van der Waals surface area contributed by atoms with Crippen LogP contribution in [0.5, 0.6) is 11.5 Å². The molecule has 4 aromatic carbocycles. The molecule has 0 aliphatic heterocycles. The molecule has 0 saturated carbocycles. The highest BCUT2D eigenvalue weighted by Crippen LogP contribution is 2.33. The number of benzene rings is 4. The molecule has 0 atom stereocenters. The summed E-state index contributed by atoms with van der Waals surface area (Å²) < 4.78 is 10.7. The number of rotatable bonds is 5. The molecule has 4 aromatic rings. The first kappa shape index (κ1) is 21.5. The largest absolute Gasteiger partial charge is 0.497 e. The van der Waals surface area contributed by atoms with Gasteiger partial charge in [0.1, 0.15) is 11.5 Å². The number of fused-ring (bicyclic) bond motifs is 2. The molecule has 1 aliphatic carbocycles. The van der Waals surface area contributed by atoms with Crippen LogP contribution in [0.4, 0.5) is 0 Å². The maximum Gasteiger partial charge on any atom is 0.186 e. The Hall–Kier alpha value is -4.37. The summed E-state index contributed by atoms with van der Waals surface area (Å²) in [4.78, 5) is 12.9. The van der Waals surface area contributed by atoms with Crippen LogP contribution in [0.1, 0.15) is 22.3 Å². The van der Waals surface area contributed by atoms with Crippen LogP contribution in [0.2, 0.25) is 0 Å². The lowest BCUT2D eigenvalue weighted by atomic mass is 9.88. The van der Waals surface area contributed by atoms with Crippen molar-refractivity contribution in [1.29, 1.82) is 0 Å². The summed E-state index contributed by atoms with van der Waals surface area (Å²) in [6.45, 7) is 0. The highest BCUT2D eigenvalue weighted by atomic mass is 16.5. The third-order valence-corrected chi connectivity index (χ3v) is 6.11. The number of allylic oxidation sites excluding steroid dienone is 4. The van der Waals surface area contributed by atoms with E-state index in [1.807, 2.05) is 78.9 Å². The zero-order valence-corrected chi connectivity index (χ0v) is 19.1. The van der Waals surface area contributed by atoms with Gasteiger partial charge in [-0.3, -0.25) is 4.79 Å². The second-order valence-corrected chi connectivity index (χ2v) is 8.10. The summed E-state index contributed by atoms with van der Waals surface area (Å²) in [5.41, 5.74) is 5.74. The number of ether oxygens (including phenoxy) is 2. The van der Waals surface area contributed by atoms with Gasteiger partial charge in [0, 0.05) is 5.57 Å². The fourth-order valence-corrected chi connectivity index (χ4v) is 4.26. The van der Waals surface area contributed by atoms with Gasteiger partial charge in [-0.2, -0.15) is 0 Å². The van der Waals surface area contributed by atoms with Gasteiger partial charge in [0.25, 0.3) is 0 Å². The van der Waals surface area contributed by atoms with Crippen molar-refractivity contribution in [2.45, 2.75) is 0 Å². The molecule has 0 radical (unpaired) electrons. The highest BCUT2D eigenvalue weighted by molar-refractivity contribution is 6.30. The normalized spacial score (nSPS) is 13.6. The topological polar surface area (TPSA) is 35.5 Å². The lowest BCUT2D eigenvalue weighted by Crippen LogP contribution is -2.04. The molecule has 166 valence electrons. The molecule has 3 nitrogen and oxygen atoms in total. The predicted molar refractivity (Wildman–Crippen MR) is 139 cm³/mol. The Morgan fingerprint density at radius 2 is 1.26 bits per heavy atom. The van der Waals surface area contributed by atoms with Crippen molar-refractivity contribution in [3.05, 3.63) is 125 Å². The van der Waals surface area contributed by atoms with Gasteiger partial charge < -0.3 is 9.47 Å². The van der Waals surface area contributed by atoms with Gasteiger partial charge in [-0.25, -0.2) is 0 Å². The van der Waals surface area contributed by atoms with Crippen molar-refractivity contribution in [3.63, 3.8) is 0 Å². The molecule has 0 N–H and O–H groups in total. The Morgan fingerprint density at radius 3 is 1.82 bits per heavy atom. The molecule has 34 heavy (non-hydrogen) atoms. The average molecular weight is 445 g/mol. The smallest absolute Gasteiger partial charge is 0.186 e. The fraction of sp³-hybridized carbons (Fsp3) is 0.0645. The van der Waals surface area contributed by atoms with E-state index in [1.54, 1.807) is 20.3 Å². The van der Waals surface area contributed by atoms with Crippen molar-refractivity contribution < 1.29 is 14.3 Å². The minimum absolute atomic E-state index is 0.00263. The Labute approximate surface area is 199 Å². The monoisotopic (exact) mass is 444 g/mol. The quantitative estimate of drug-likeness (QED) is 0.312. The first-order valence-electron chi connectivity index (χ1n) is 11.1. The lowest BCUT2D eigenvalue weighted by molar-refractivity contribution is -0.109. The summed E-state index contributed by atoms with van der Waals surface area (Å²) in [7, 11) is 3.31. The second-order valence-electron chi connectivity index (χ2n) is 8.10. The van der Waals surface area contributed by atoms with Crippen LogP contribution in [-0.2, 0) is 4.79 Å². The number of hydrogen-bond acceptors (Lipinski definition) is 3. The SMILES string of the molecule is COc1ccc(C(=C/C=C2/C(=O)C=Cc3cc4ccccc4cc32)c2ccc(OC)cc2)cc1. The number of carbonyl (C=O) groups is 1. The number of ketones is 1. The molecular weight excluding hydrogens is 420 g/mol. The number of methoxy groups -OCH3 is 2. The highest BCUT2D eigenvalue weighted by Gasteiger charge is 2.18. The third-order valence-electron chi connectivity index (χ3n) is 6.11. The molecule has 1 aliphatic rings. The molecule has 0 fully saturated rings. The van der Waals surface area contributed by atoms with Gasteiger partial charge in [0.05, 0.1) is 14.2 Å². The standard InChI is InChI=1S/C31H24O3/c1-33-26-12-7-21(8-13-26)28(22-9-14-27(34-2)15-10-22)16-17-29-30-20-24-6-4-3-5-23(24)19-25(30)11-18-31(29)32/h3-20H,1-2H3/b29-17+. The van der Waals surface area contributed by atoms with Crippen LogP contribution in [-0.4, -0.2) is 20.0 Å². The minimum Gasteiger partial charge on any atom is -0.497 e. The summed E-state index contributed by atoms with van der Waals surface area (Å²) in [6, 6.07) is 28.3. The van der Waals surface area contributed by atoms with E-state index in [0.29, 0.717) is 5.57 Å². The number of carbonyl (C=O) groups excluding carboxylic acids is 1. The Bertz CT molecular complexity index is 1400. The van der Waals surface area contributed by atoms with Crippen LogP contribution in [0, 0.1) is 0 Å². The Kier molecular flexibility index (Phi) is 5.84. The molecule has 0 spiro atoms. The van der Waals surface area contributed by atoms with Crippen molar-refractivity contribution in [2.75, 3.05) is 14.2 Å². The molecule has 0 saturated heterocycles. The average Bonchev–Trinajstić information content (AvgIpc) is 2.89. The molecule has 0 unspecified atom stereocenters. The van der Waals surface area contributed by atoms with Crippen molar-refractivity contribution in [2.24, 2.45) is 0 Å². The van der Waals surface area contributed by atoms with Crippen LogP contribution in [0.3, 0.4) is 0 Å². The van der Waals surface area contributed by atoms with Gasteiger partial charge in [0.15, 0.2) is 5.78 Å². The van der Waals surface area contributed by atoms with E-state index in [1.165, 1.54) is 0 Å². The van der Waals surface area contributed by atoms with E-state index < -0.39 is 0 Å². The first-order valence-corrected chi connectivity index (χ1v) is 11.1. The van der Waals surface area contributed by atoms with Crippen LogP contribution in [0.15, 0.2) is 103 Å². The third kappa shape index (κ3) is 4.16. The fourth-order valence-electron chi connectivity index (χ4n) is 4.26. The van der Waals surface area contributed by atoms with E-state index in [2.05, 4.69) is 24.3 Å². The van der Waals surface area contributed by atoms with E-state index >= 15 is 0 Å². The minimum atomic E-state index is 0.00263. The zero-order valence-electron chi connectivity index (χ0n) is 19.1. The van der Waals surface area contributed by atoms with Gasteiger partial charge in [-0.05, 0) is 87.1 Å². The lowest BCUT2D eigenvalue weighted by Gasteiger charge is -2.15. The van der Waals surface area contributed by atoms with Crippen LogP contribution in [0.25, 0.3) is 28.0 Å². The van der Waals surface area contributed by atoms with Gasteiger partial charge in [-0.1, -0.05) is 60.7 Å². The molecule has 5 rings (SSSR count). The van der Waals surface area contributed by atoms with E-state index in [-0.39, 0.29) is 5.78 Å². The summed E-state index contributed by atoms with van der Waals surface area (Å²) in [5, 5.41) is 2.28. The van der Waals surface area contributed by atoms with Crippen LogP contribution < -0.4 is 9.47 Å². The number of hydrogen-bond donors (Lipinski definition) is 0. The molecule has 3 heteroatoms. The first-order chi connectivity index (χ1) is 16.7. The van der Waals surface area contributed by atoms with Crippen molar-refractivity contribution >= 4 is 33.8 Å².